The average molecular weight is 380 g/mol. The van der Waals surface area contributed by atoms with Gasteiger partial charge in [0.1, 0.15) is 5.69 Å². The number of aromatic nitrogens is 2. The summed E-state index contributed by atoms with van der Waals surface area (Å²) in [5.74, 6) is -0.0588. The molecule has 148 valence electrons. The molecule has 6 heteroatoms. The topological polar surface area (TPSA) is 66.4 Å². The van der Waals surface area contributed by atoms with Crippen LogP contribution < -0.4 is 0 Å². The molecule has 2 aromatic rings. The van der Waals surface area contributed by atoms with Gasteiger partial charge in [0.2, 0.25) is 5.91 Å². The first-order valence-electron chi connectivity index (χ1n) is 10.0. The van der Waals surface area contributed by atoms with E-state index in [-0.39, 0.29) is 11.8 Å². The van der Waals surface area contributed by atoms with Crippen molar-refractivity contribution < 1.29 is 9.59 Å². The van der Waals surface area contributed by atoms with Crippen molar-refractivity contribution in [3.63, 3.8) is 0 Å². The Labute approximate surface area is 166 Å². The number of hydrogen-bond donors (Lipinski definition) is 0. The van der Waals surface area contributed by atoms with Crippen LogP contribution in [0.25, 0.3) is 0 Å². The second-order valence-corrected chi connectivity index (χ2v) is 7.27. The van der Waals surface area contributed by atoms with Crippen molar-refractivity contribution in [3.8, 4) is 0 Å². The molecule has 1 aromatic heterocycles. The molecule has 0 saturated carbocycles. The minimum absolute atomic E-state index is 0.0961. The Balaban J connectivity index is 1.61. The Kier molecular flexibility index (Phi) is 6.74. The molecular weight excluding hydrogens is 352 g/mol. The summed E-state index contributed by atoms with van der Waals surface area (Å²) in [5.41, 5.74) is 3.65. The van der Waals surface area contributed by atoms with E-state index in [9.17, 15) is 9.59 Å². The second kappa shape index (κ2) is 9.44. The lowest BCUT2D eigenvalue weighted by atomic mass is 10.00. The highest BCUT2D eigenvalue weighted by molar-refractivity contribution is 5.92. The molecule has 2 heterocycles. The summed E-state index contributed by atoms with van der Waals surface area (Å²) in [6.07, 6.45) is 6.22. The highest BCUT2D eigenvalue weighted by atomic mass is 16.2. The van der Waals surface area contributed by atoms with Crippen LogP contribution in [0, 0.1) is 6.92 Å². The van der Waals surface area contributed by atoms with Gasteiger partial charge in [0.05, 0.1) is 11.9 Å². The first-order valence-corrected chi connectivity index (χ1v) is 10.0. The number of nitrogens with zero attached hydrogens (tertiary/aromatic N) is 4. The molecule has 0 saturated heterocycles. The van der Waals surface area contributed by atoms with Gasteiger partial charge in [0.15, 0.2) is 0 Å². The fraction of sp³-hybridized carbons (Fsp3) is 0.455. The summed E-state index contributed by atoms with van der Waals surface area (Å²) in [5, 5.41) is 0. The summed E-state index contributed by atoms with van der Waals surface area (Å²) in [7, 11) is 0. The van der Waals surface area contributed by atoms with E-state index in [0.717, 1.165) is 31.5 Å². The number of rotatable bonds is 7. The van der Waals surface area contributed by atoms with Crippen molar-refractivity contribution in [3.05, 3.63) is 59.2 Å². The number of carbonyl (C=O) groups is 2. The molecule has 3 rings (SSSR count). The molecule has 0 aliphatic carbocycles. The van der Waals surface area contributed by atoms with E-state index < -0.39 is 0 Å². The van der Waals surface area contributed by atoms with Gasteiger partial charge in [0, 0.05) is 38.8 Å². The smallest absolute Gasteiger partial charge is 0.274 e. The minimum Gasteiger partial charge on any atom is -0.338 e. The quantitative estimate of drug-likeness (QED) is 0.741. The van der Waals surface area contributed by atoms with Gasteiger partial charge in [-0.1, -0.05) is 37.6 Å². The molecule has 0 spiro atoms. The van der Waals surface area contributed by atoms with E-state index in [1.54, 1.807) is 11.1 Å². The van der Waals surface area contributed by atoms with Crippen LogP contribution in [0.5, 0.6) is 0 Å². The SMILES string of the molecule is CCCCN(CCC(=O)N1CCc2ccccc2C1)C(=O)c1cnc(C)cn1. The summed E-state index contributed by atoms with van der Waals surface area (Å²) in [6, 6.07) is 8.27. The van der Waals surface area contributed by atoms with Crippen LogP contribution in [-0.4, -0.2) is 51.2 Å². The van der Waals surface area contributed by atoms with E-state index in [2.05, 4.69) is 29.0 Å². The zero-order valence-electron chi connectivity index (χ0n) is 16.7. The molecular formula is C22H28N4O2. The normalized spacial score (nSPS) is 13.1. The monoisotopic (exact) mass is 380 g/mol. The largest absolute Gasteiger partial charge is 0.338 e. The van der Waals surface area contributed by atoms with Gasteiger partial charge in [-0.05, 0) is 30.9 Å². The third-order valence-corrected chi connectivity index (χ3v) is 5.15. The van der Waals surface area contributed by atoms with E-state index >= 15 is 0 Å². The van der Waals surface area contributed by atoms with Crippen molar-refractivity contribution >= 4 is 11.8 Å². The predicted molar refractivity (Wildman–Crippen MR) is 108 cm³/mol. The number of unbranched alkanes of at least 4 members (excludes halogenated alkanes) is 1. The van der Waals surface area contributed by atoms with Crippen LogP contribution in [0.1, 0.15) is 53.5 Å². The number of hydrogen-bond acceptors (Lipinski definition) is 4. The maximum atomic E-state index is 12.8. The van der Waals surface area contributed by atoms with Crippen LogP contribution in [0.15, 0.2) is 36.7 Å². The summed E-state index contributed by atoms with van der Waals surface area (Å²) in [4.78, 5) is 37.6. The molecule has 1 aliphatic heterocycles. The van der Waals surface area contributed by atoms with Gasteiger partial charge in [-0.2, -0.15) is 0 Å². The zero-order chi connectivity index (χ0) is 19.9. The van der Waals surface area contributed by atoms with Gasteiger partial charge in [-0.15, -0.1) is 0 Å². The molecule has 0 N–H and O–H groups in total. The Bertz CT molecular complexity index is 820. The Morgan fingerprint density at radius 2 is 1.89 bits per heavy atom. The third-order valence-electron chi connectivity index (χ3n) is 5.15. The maximum Gasteiger partial charge on any atom is 0.274 e. The number of aryl methyl sites for hydroxylation is 1. The third kappa shape index (κ3) is 4.94. The number of benzene rings is 1. The lowest BCUT2D eigenvalue weighted by Gasteiger charge is -2.30. The minimum atomic E-state index is -0.155. The van der Waals surface area contributed by atoms with Crippen molar-refractivity contribution in [2.24, 2.45) is 0 Å². The molecule has 6 nitrogen and oxygen atoms in total. The van der Waals surface area contributed by atoms with Crippen molar-refractivity contribution in [1.82, 2.24) is 19.8 Å². The summed E-state index contributed by atoms with van der Waals surface area (Å²) < 4.78 is 0. The van der Waals surface area contributed by atoms with Crippen molar-refractivity contribution in [1.29, 1.82) is 0 Å². The molecule has 28 heavy (non-hydrogen) atoms. The molecule has 0 radical (unpaired) electrons. The van der Waals surface area contributed by atoms with Crippen LogP contribution in [-0.2, 0) is 17.8 Å². The van der Waals surface area contributed by atoms with Gasteiger partial charge in [-0.3, -0.25) is 14.6 Å². The predicted octanol–water partition coefficient (Wildman–Crippen LogP) is 3.00. The fourth-order valence-corrected chi connectivity index (χ4v) is 3.43. The zero-order valence-corrected chi connectivity index (χ0v) is 16.7. The first kappa shape index (κ1) is 20.0. The van der Waals surface area contributed by atoms with Gasteiger partial charge < -0.3 is 9.80 Å². The Morgan fingerprint density at radius 1 is 1.11 bits per heavy atom. The molecule has 0 unspecified atom stereocenters. The van der Waals surface area contributed by atoms with E-state index in [1.165, 1.54) is 17.3 Å². The number of fused-ring (bicyclic) bond motifs is 1. The summed E-state index contributed by atoms with van der Waals surface area (Å²) >= 11 is 0. The lowest BCUT2D eigenvalue weighted by molar-refractivity contribution is -0.132. The van der Waals surface area contributed by atoms with Crippen molar-refractivity contribution in [2.45, 2.75) is 46.1 Å². The van der Waals surface area contributed by atoms with Crippen LogP contribution in [0.3, 0.4) is 0 Å². The highest BCUT2D eigenvalue weighted by Gasteiger charge is 2.23. The molecule has 0 atom stereocenters. The summed E-state index contributed by atoms with van der Waals surface area (Å²) in [6.45, 7) is 6.35. The Morgan fingerprint density at radius 3 is 2.61 bits per heavy atom. The van der Waals surface area contributed by atoms with Gasteiger partial charge >= 0.3 is 0 Å². The standard InChI is InChI=1S/C22H28N4O2/c1-3-4-11-25(22(28)20-15-23-17(2)14-24-20)13-10-21(27)26-12-9-18-7-5-6-8-19(18)16-26/h5-8,14-15H,3-4,9-13,16H2,1-2H3. The number of carbonyl (C=O) groups excluding carboxylic acids is 2. The molecule has 0 fully saturated rings. The molecule has 1 aliphatic rings. The van der Waals surface area contributed by atoms with Gasteiger partial charge in [-0.25, -0.2) is 4.98 Å². The van der Waals surface area contributed by atoms with Gasteiger partial charge in [0.25, 0.3) is 5.91 Å². The highest BCUT2D eigenvalue weighted by Crippen LogP contribution is 2.19. The number of amides is 2. The fourth-order valence-electron chi connectivity index (χ4n) is 3.43. The van der Waals surface area contributed by atoms with E-state index in [4.69, 9.17) is 0 Å². The Hall–Kier alpha value is -2.76. The van der Waals surface area contributed by atoms with Crippen LogP contribution in [0.4, 0.5) is 0 Å². The van der Waals surface area contributed by atoms with E-state index in [1.807, 2.05) is 24.0 Å². The second-order valence-electron chi connectivity index (χ2n) is 7.27. The lowest BCUT2D eigenvalue weighted by Crippen LogP contribution is -2.40. The van der Waals surface area contributed by atoms with E-state index in [0.29, 0.717) is 31.7 Å². The van der Waals surface area contributed by atoms with Crippen molar-refractivity contribution in [2.75, 3.05) is 19.6 Å². The average Bonchev–Trinajstić information content (AvgIpc) is 2.73. The first-order chi connectivity index (χ1) is 13.6. The van der Waals surface area contributed by atoms with Crippen LogP contribution >= 0.6 is 0 Å². The van der Waals surface area contributed by atoms with Crippen LogP contribution in [0.2, 0.25) is 0 Å². The molecule has 0 bridgehead atoms. The maximum absolute atomic E-state index is 12.8. The molecule has 2 amide bonds. The molecule has 1 aromatic carbocycles.